The van der Waals surface area contributed by atoms with E-state index in [1.807, 2.05) is 0 Å². The fourth-order valence-electron chi connectivity index (χ4n) is 2.28. The first kappa shape index (κ1) is 12.9. The van der Waals surface area contributed by atoms with Gasteiger partial charge in [-0.05, 0) is 20.0 Å². The van der Waals surface area contributed by atoms with Gasteiger partial charge in [0.15, 0.2) is 0 Å². The van der Waals surface area contributed by atoms with Crippen LogP contribution in [-0.4, -0.2) is 69.3 Å². The molecule has 1 aliphatic rings. The van der Waals surface area contributed by atoms with Crippen LogP contribution in [-0.2, 0) is 4.74 Å². The van der Waals surface area contributed by atoms with Gasteiger partial charge in [0, 0.05) is 32.2 Å². The van der Waals surface area contributed by atoms with E-state index in [0.29, 0.717) is 19.2 Å². The lowest BCUT2D eigenvalue weighted by atomic mass is 10.1. The van der Waals surface area contributed by atoms with Gasteiger partial charge in [-0.3, -0.25) is 4.90 Å². The predicted octanol–water partition coefficient (Wildman–Crippen LogP) is -0.156. The quantitative estimate of drug-likeness (QED) is 0.625. The van der Waals surface area contributed by atoms with E-state index in [4.69, 9.17) is 10.5 Å². The molecule has 0 aliphatic carbocycles. The topological polar surface area (TPSA) is 41.7 Å². The van der Waals surface area contributed by atoms with Gasteiger partial charge in [-0.1, -0.05) is 6.92 Å². The maximum Gasteiger partial charge on any atom is 0.0594 e. The van der Waals surface area contributed by atoms with Crippen molar-refractivity contribution in [1.29, 1.82) is 0 Å². The zero-order chi connectivity index (χ0) is 11.3. The second kappa shape index (κ2) is 6.43. The SMILES string of the molecule is CC1CN(CCOCCN)CC1N(C)C. The van der Waals surface area contributed by atoms with Crippen molar-refractivity contribution < 1.29 is 4.74 Å². The van der Waals surface area contributed by atoms with Crippen LogP contribution in [0.5, 0.6) is 0 Å². The van der Waals surface area contributed by atoms with Gasteiger partial charge in [-0.15, -0.1) is 0 Å². The highest BCUT2D eigenvalue weighted by Gasteiger charge is 2.30. The summed E-state index contributed by atoms with van der Waals surface area (Å²) in [6, 6.07) is 0.694. The molecule has 2 atom stereocenters. The Labute approximate surface area is 93.4 Å². The molecular weight excluding hydrogens is 190 g/mol. The molecule has 1 heterocycles. The Morgan fingerprint density at radius 3 is 2.60 bits per heavy atom. The average Bonchev–Trinajstić information content (AvgIpc) is 2.55. The first-order valence-electron chi connectivity index (χ1n) is 5.81. The van der Waals surface area contributed by atoms with Gasteiger partial charge in [-0.2, -0.15) is 0 Å². The summed E-state index contributed by atoms with van der Waals surface area (Å²) in [5.74, 6) is 0.759. The number of ether oxygens (including phenoxy) is 1. The van der Waals surface area contributed by atoms with Crippen LogP contribution in [0.15, 0.2) is 0 Å². The third-order valence-electron chi connectivity index (χ3n) is 3.13. The van der Waals surface area contributed by atoms with Gasteiger partial charge >= 0.3 is 0 Å². The molecule has 15 heavy (non-hydrogen) atoms. The molecule has 0 bridgehead atoms. The Hall–Kier alpha value is -0.160. The molecule has 0 saturated carbocycles. The highest BCUT2D eigenvalue weighted by atomic mass is 16.5. The summed E-state index contributed by atoms with van der Waals surface area (Å²) < 4.78 is 5.40. The minimum atomic E-state index is 0.622. The van der Waals surface area contributed by atoms with Crippen molar-refractivity contribution in [3.63, 3.8) is 0 Å². The minimum absolute atomic E-state index is 0.622. The van der Waals surface area contributed by atoms with E-state index in [1.54, 1.807) is 0 Å². The Balaban J connectivity index is 2.17. The first-order chi connectivity index (χ1) is 7.15. The van der Waals surface area contributed by atoms with Crippen LogP contribution in [0, 0.1) is 5.92 Å². The highest BCUT2D eigenvalue weighted by molar-refractivity contribution is 4.86. The summed E-state index contributed by atoms with van der Waals surface area (Å²) in [6.07, 6.45) is 0. The normalized spacial score (nSPS) is 27.8. The largest absolute Gasteiger partial charge is 0.379 e. The van der Waals surface area contributed by atoms with Crippen LogP contribution in [0.3, 0.4) is 0 Å². The summed E-state index contributed by atoms with van der Waals surface area (Å²) >= 11 is 0. The average molecular weight is 215 g/mol. The fourth-order valence-corrected chi connectivity index (χ4v) is 2.28. The monoisotopic (exact) mass is 215 g/mol. The number of nitrogens with zero attached hydrogens (tertiary/aromatic N) is 2. The lowest BCUT2D eigenvalue weighted by Crippen LogP contribution is -2.35. The van der Waals surface area contributed by atoms with Crippen LogP contribution in [0.25, 0.3) is 0 Å². The fraction of sp³-hybridized carbons (Fsp3) is 1.00. The summed E-state index contributed by atoms with van der Waals surface area (Å²) in [7, 11) is 4.32. The van der Waals surface area contributed by atoms with Gasteiger partial charge in [0.25, 0.3) is 0 Å². The Kier molecular flexibility index (Phi) is 5.53. The van der Waals surface area contributed by atoms with E-state index in [-0.39, 0.29) is 0 Å². The number of likely N-dealkylation sites (tertiary alicyclic amines) is 1. The van der Waals surface area contributed by atoms with Gasteiger partial charge < -0.3 is 15.4 Å². The lowest BCUT2D eigenvalue weighted by Gasteiger charge is -2.22. The summed E-state index contributed by atoms with van der Waals surface area (Å²) in [4.78, 5) is 4.80. The molecule has 0 radical (unpaired) electrons. The van der Waals surface area contributed by atoms with E-state index in [2.05, 4.69) is 30.8 Å². The summed E-state index contributed by atoms with van der Waals surface area (Å²) in [5, 5.41) is 0. The molecule has 0 amide bonds. The third-order valence-corrected chi connectivity index (χ3v) is 3.13. The van der Waals surface area contributed by atoms with Crippen LogP contribution >= 0.6 is 0 Å². The molecule has 0 aromatic rings. The van der Waals surface area contributed by atoms with Crippen LogP contribution in [0.4, 0.5) is 0 Å². The van der Waals surface area contributed by atoms with Gasteiger partial charge in [0.1, 0.15) is 0 Å². The molecule has 0 aromatic carbocycles. The lowest BCUT2D eigenvalue weighted by molar-refractivity contribution is 0.114. The van der Waals surface area contributed by atoms with Crippen LogP contribution < -0.4 is 5.73 Å². The maximum atomic E-state index is 5.40. The van der Waals surface area contributed by atoms with Crippen molar-refractivity contribution in [2.24, 2.45) is 11.7 Å². The van der Waals surface area contributed by atoms with Gasteiger partial charge in [0.2, 0.25) is 0 Å². The highest BCUT2D eigenvalue weighted by Crippen LogP contribution is 2.19. The standard InChI is InChI=1S/C11H25N3O/c1-10-8-14(5-7-15-6-4-12)9-11(10)13(2)3/h10-11H,4-9,12H2,1-3H3. The van der Waals surface area contributed by atoms with E-state index >= 15 is 0 Å². The second-order valence-electron chi connectivity index (χ2n) is 4.67. The molecule has 2 unspecified atom stereocenters. The maximum absolute atomic E-state index is 5.40. The van der Waals surface area contributed by atoms with Crippen molar-refractivity contribution in [3.8, 4) is 0 Å². The Morgan fingerprint density at radius 2 is 2.07 bits per heavy atom. The smallest absolute Gasteiger partial charge is 0.0594 e. The zero-order valence-corrected chi connectivity index (χ0v) is 10.3. The minimum Gasteiger partial charge on any atom is -0.379 e. The molecular formula is C11H25N3O. The number of likely N-dealkylation sites (N-methyl/N-ethyl adjacent to an activating group) is 1. The first-order valence-corrected chi connectivity index (χ1v) is 5.81. The van der Waals surface area contributed by atoms with Crippen molar-refractivity contribution in [3.05, 3.63) is 0 Å². The number of hydrogen-bond donors (Lipinski definition) is 1. The molecule has 4 heteroatoms. The molecule has 90 valence electrons. The Bertz CT molecular complexity index is 175. The van der Waals surface area contributed by atoms with Crippen LogP contribution in [0.1, 0.15) is 6.92 Å². The van der Waals surface area contributed by atoms with Crippen LogP contribution in [0.2, 0.25) is 0 Å². The van der Waals surface area contributed by atoms with E-state index in [1.165, 1.54) is 13.1 Å². The molecule has 1 rings (SSSR count). The summed E-state index contributed by atoms with van der Waals surface area (Å²) in [6.45, 7) is 7.83. The molecule has 1 saturated heterocycles. The number of rotatable bonds is 6. The second-order valence-corrected chi connectivity index (χ2v) is 4.67. The summed E-state index contributed by atoms with van der Waals surface area (Å²) in [5.41, 5.74) is 5.36. The third kappa shape index (κ3) is 4.07. The van der Waals surface area contributed by atoms with Gasteiger partial charge in [-0.25, -0.2) is 0 Å². The molecule has 4 nitrogen and oxygen atoms in total. The molecule has 1 fully saturated rings. The van der Waals surface area contributed by atoms with E-state index in [0.717, 1.165) is 19.1 Å². The van der Waals surface area contributed by atoms with Crippen molar-refractivity contribution >= 4 is 0 Å². The number of nitrogens with two attached hydrogens (primary N) is 1. The Morgan fingerprint density at radius 1 is 1.33 bits per heavy atom. The van der Waals surface area contributed by atoms with E-state index < -0.39 is 0 Å². The van der Waals surface area contributed by atoms with E-state index in [9.17, 15) is 0 Å². The number of hydrogen-bond acceptors (Lipinski definition) is 4. The zero-order valence-electron chi connectivity index (χ0n) is 10.3. The predicted molar refractivity (Wildman–Crippen MR) is 63.0 cm³/mol. The van der Waals surface area contributed by atoms with Crippen molar-refractivity contribution in [2.75, 3.05) is 53.5 Å². The van der Waals surface area contributed by atoms with Crippen molar-refractivity contribution in [2.45, 2.75) is 13.0 Å². The molecule has 0 aromatic heterocycles. The van der Waals surface area contributed by atoms with Gasteiger partial charge in [0.05, 0.1) is 13.2 Å². The molecule has 2 N–H and O–H groups in total. The molecule has 0 spiro atoms. The van der Waals surface area contributed by atoms with Crippen molar-refractivity contribution in [1.82, 2.24) is 9.80 Å². The molecule has 1 aliphatic heterocycles.